The van der Waals surface area contributed by atoms with E-state index in [1.54, 1.807) is 23.6 Å². The van der Waals surface area contributed by atoms with E-state index in [4.69, 9.17) is 0 Å². The van der Waals surface area contributed by atoms with Gasteiger partial charge in [0.15, 0.2) is 0 Å². The number of aliphatic carboxylic acids is 1. The number of aromatic nitrogens is 1. The summed E-state index contributed by atoms with van der Waals surface area (Å²) in [6.45, 7) is 1.95. The predicted molar refractivity (Wildman–Crippen MR) is 94.9 cm³/mol. The lowest BCUT2D eigenvalue weighted by Crippen LogP contribution is -2.40. The molecule has 2 rings (SSSR count). The maximum absolute atomic E-state index is 12.4. The van der Waals surface area contributed by atoms with Crippen molar-refractivity contribution in [3.05, 3.63) is 46.4 Å². The van der Waals surface area contributed by atoms with Crippen LogP contribution in [0.2, 0.25) is 0 Å². The standard InChI is InChI=1S/C17H19N3O4S/c1-2-3-4-13(17(23)24)20-16(22)14-12(7-10-25-14)19-15(21)11-5-8-18-9-6-11/h5-10,13H,2-4H2,1H3,(H,19,21)(H,20,22)(H,23,24). The fourth-order valence-corrected chi connectivity index (χ4v) is 2.92. The van der Waals surface area contributed by atoms with Crippen LogP contribution in [0.5, 0.6) is 0 Å². The number of carboxylic acids is 1. The van der Waals surface area contributed by atoms with Gasteiger partial charge in [0.2, 0.25) is 0 Å². The third-order valence-electron chi connectivity index (χ3n) is 3.51. The summed E-state index contributed by atoms with van der Waals surface area (Å²) >= 11 is 1.14. The van der Waals surface area contributed by atoms with Crippen molar-refractivity contribution in [1.29, 1.82) is 0 Å². The fourth-order valence-electron chi connectivity index (χ4n) is 2.17. The van der Waals surface area contributed by atoms with E-state index in [1.807, 2.05) is 6.92 Å². The van der Waals surface area contributed by atoms with Crippen molar-refractivity contribution in [2.45, 2.75) is 32.2 Å². The Balaban J connectivity index is 2.08. The SMILES string of the molecule is CCCCC(NC(=O)c1sccc1NC(=O)c1ccncc1)C(=O)O. The summed E-state index contributed by atoms with van der Waals surface area (Å²) in [4.78, 5) is 40.0. The Labute approximate surface area is 149 Å². The second-order valence-electron chi connectivity index (χ2n) is 5.36. The smallest absolute Gasteiger partial charge is 0.326 e. The molecule has 25 heavy (non-hydrogen) atoms. The highest BCUT2D eigenvalue weighted by Gasteiger charge is 2.23. The average molecular weight is 361 g/mol. The van der Waals surface area contributed by atoms with Gasteiger partial charge in [-0.1, -0.05) is 19.8 Å². The molecule has 2 heterocycles. The van der Waals surface area contributed by atoms with Crippen molar-refractivity contribution in [2.75, 3.05) is 5.32 Å². The highest BCUT2D eigenvalue weighted by Crippen LogP contribution is 2.23. The summed E-state index contributed by atoms with van der Waals surface area (Å²) in [6, 6.07) is 3.79. The van der Waals surface area contributed by atoms with Crippen molar-refractivity contribution in [3.8, 4) is 0 Å². The quantitative estimate of drug-likeness (QED) is 0.670. The first-order valence-electron chi connectivity index (χ1n) is 7.85. The molecule has 0 fully saturated rings. The van der Waals surface area contributed by atoms with Crippen LogP contribution in [0.25, 0.3) is 0 Å². The van der Waals surface area contributed by atoms with Crippen LogP contribution in [-0.4, -0.2) is 33.9 Å². The molecule has 132 valence electrons. The topological polar surface area (TPSA) is 108 Å². The van der Waals surface area contributed by atoms with Gasteiger partial charge in [-0.25, -0.2) is 4.79 Å². The van der Waals surface area contributed by atoms with E-state index < -0.39 is 17.9 Å². The molecule has 0 bridgehead atoms. The molecule has 0 aliphatic carbocycles. The molecule has 2 aromatic heterocycles. The normalized spacial score (nSPS) is 11.6. The lowest BCUT2D eigenvalue weighted by atomic mass is 10.1. The summed E-state index contributed by atoms with van der Waals surface area (Å²) in [5, 5.41) is 16.1. The number of hydrogen-bond acceptors (Lipinski definition) is 5. The molecule has 0 spiro atoms. The Hall–Kier alpha value is -2.74. The second-order valence-corrected chi connectivity index (χ2v) is 6.28. The van der Waals surface area contributed by atoms with E-state index in [0.717, 1.165) is 17.8 Å². The van der Waals surface area contributed by atoms with E-state index in [1.165, 1.54) is 12.4 Å². The van der Waals surface area contributed by atoms with Crippen LogP contribution in [0.15, 0.2) is 36.0 Å². The van der Waals surface area contributed by atoms with Crippen molar-refractivity contribution in [2.24, 2.45) is 0 Å². The first-order valence-corrected chi connectivity index (χ1v) is 8.73. The van der Waals surface area contributed by atoms with Crippen molar-refractivity contribution in [3.63, 3.8) is 0 Å². The average Bonchev–Trinajstić information content (AvgIpc) is 3.07. The third kappa shape index (κ3) is 5.12. The molecule has 2 amide bonds. The first-order chi connectivity index (χ1) is 12.0. The van der Waals surface area contributed by atoms with Crippen LogP contribution in [0, 0.1) is 0 Å². The zero-order chi connectivity index (χ0) is 18.2. The number of hydrogen-bond donors (Lipinski definition) is 3. The minimum absolute atomic E-state index is 0.269. The summed E-state index contributed by atoms with van der Waals surface area (Å²) in [6.07, 6.45) is 4.91. The number of rotatable bonds is 8. The van der Waals surface area contributed by atoms with Gasteiger partial charge >= 0.3 is 5.97 Å². The molecular weight excluding hydrogens is 342 g/mol. The number of anilines is 1. The number of unbranched alkanes of at least 4 members (excludes halogenated alkanes) is 1. The van der Waals surface area contributed by atoms with Gasteiger partial charge in [-0.2, -0.15) is 0 Å². The van der Waals surface area contributed by atoms with E-state index in [0.29, 0.717) is 24.1 Å². The summed E-state index contributed by atoms with van der Waals surface area (Å²) in [5.74, 6) is -1.94. The lowest BCUT2D eigenvalue weighted by Gasteiger charge is -2.14. The number of carbonyl (C=O) groups is 3. The second kappa shape index (κ2) is 8.93. The van der Waals surface area contributed by atoms with Gasteiger partial charge in [-0.05, 0) is 30.0 Å². The summed E-state index contributed by atoms with van der Waals surface area (Å²) < 4.78 is 0. The number of thiophene rings is 1. The van der Waals surface area contributed by atoms with E-state index >= 15 is 0 Å². The zero-order valence-electron chi connectivity index (χ0n) is 13.7. The first kappa shape index (κ1) is 18.6. The van der Waals surface area contributed by atoms with E-state index in [-0.39, 0.29) is 10.8 Å². The number of carboxylic acid groups (broad SMARTS) is 1. The lowest BCUT2D eigenvalue weighted by molar-refractivity contribution is -0.139. The number of pyridine rings is 1. The Kier molecular flexibility index (Phi) is 6.64. The molecule has 1 atom stereocenters. The van der Waals surface area contributed by atoms with Crippen molar-refractivity contribution >= 4 is 34.8 Å². The fraction of sp³-hybridized carbons (Fsp3) is 0.294. The molecule has 7 nitrogen and oxygen atoms in total. The molecule has 0 aliphatic rings. The molecule has 3 N–H and O–H groups in total. The summed E-state index contributed by atoms with van der Waals surface area (Å²) in [5.41, 5.74) is 0.767. The van der Waals surface area contributed by atoms with Gasteiger partial charge < -0.3 is 15.7 Å². The molecule has 0 saturated carbocycles. The van der Waals surface area contributed by atoms with Gasteiger partial charge in [0.1, 0.15) is 10.9 Å². The van der Waals surface area contributed by atoms with Gasteiger partial charge in [0.05, 0.1) is 5.69 Å². The van der Waals surface area contributed by atoms with Crippen molar-refractivity contribution < 1.29 is 19.5 Å². The molecule has 1 unspecified atom stereocenters. The Morgan fingerprint density at radius 3 is 2.56 bits per heavy atom. The number of nitrogens with one attached hydrogen (secondary N) is 2. The van der Waals surface area contributed by atoms with E-state index in [9.17, 15) is 19.5 Å². The van der Waals surface area contributed by atoms with Gasteiger partial charge in [0, 0.05) is 18.0 Å². The third-order valence-corrected chi connectivity index (χ3v) is 4.43. The van der Waals surface area contributed by atoms with Crippen LogP contribution in [0.3, 0.4) is 0 Å². The van der Waals surface area contributed by atoms with Crippen LogP contribution in [0.1, 0.15) is 46.2 Å². The van der Waals surface area contributed by atoms with E-state index in [2.05, 4.69) is 15.6 Å². The molecule has 0 saturated heterocycles. The van der Waals surface area contributed by atoms with Gasteiger partial charge in [0.25, 0.3) is 11.8 Å². The Morgan fingerprint density at radius 1 is 1.20 bits per heavy atom. The molecule has 0 aliphatic heterocycles. The molecule has 0 aromatic carbocycles. The summed E-state index contributed by atoms with van der Waals surface area (Å²) in [7, 11) is 0. The molecule has 8 heteroatoms. The predicted octanol–water partition coefficient (Wildman–Crippen LogP) is 2.77. The maximum Gasteiger partial charge on any atom is 0.326 e. The van der Waals surface area contributed by atoms with Gasteiger partial charge in [-0.15, -0.1) is 11.3 Å². The minimum atomic E-state index is -1.07. The largest absolute Gasteiger partial charge is 0.480 e. The molecular formula is C17H19N3O4S. The van der Waals surface area contributed by atoms with Crippen LogP contribution >= 0.6 is 11.3 Å². The van der Waals surface area contributed by atoms with Crippen LogP contribution in [-0.2, 0) is 4.79 Å². The van der Waals surface area contributed by atoms with Crippen LogP contribution in [0.4, 0.5) is 5.69 Å². The van der Waals surface area contributed by atoms with Gasteiger partial charge in [-0.3, -0.25) is 14.6 Å². The number of carbonyl (C=O) groups excluding carboxylic acids is 2. The Bertz CT molecular complexity index is 745. The van der Waals surface area contributed by atoms with Crippen molar-refractivity contribution in [1.82, 2.24) is 10.3 Å². The number of amides is 2. The monoisotopic (exact) mass is 361 g/mol. The zero-order valence-corrected chi connectivity index (χ0v) is 14.5. The molecule has 2 aromatic rings. The Morgan fingerprint density at radius 2 is 1.92 bits per heavy atom. The highest BCUT2D eigenvalue weighted by atomic mass is 32.1. The molecule has 0 radical (unpaired) electrons. The minimum Gasteiger partial charge on any atom is -0.480 e. The maximum atomic E-state index is 12.4. The number of nitrogens with zero attached hydrogens (tertiary/aromatic N) is 1. The van der Waals surface area contributed by atoms with Crippen LogP contribution < -0.4 is 10.6 Å². The highest BCUT2D eigenvalue weighted by molar-refractivity contribution is 7.12.